The van der Waals surface area contributed by atoms with Gasteiger partial charge >= 0.3 is 0 Å². The normalized spacial score (nSPS) is 25.1. The van der Waals surface area contributed by atoms with E-state index in [0.29, 0.717) is 10.8 Å². The van der Waals surface area contributed by atoms with Gasteiger partial charge in [0, 0.05) is 5.25 Å². The second-order valence-corrected chi connectivity index (χ2v) is 6.04. The van der Waals surface area contributed by atoms with Crippen LogP contribution in [0.25, 0.3) is 0 Å². The van der Waals surface area contributed by atoms with Gasteiger partial charge in [0.15, 0.2) is 5.84 Å². The minimum Gasteiger partial charge on any atom is -0.409 e. The van der Waals surface area contributed by atoms with E-state index in [-0.39, 0.29) is 5.84 Å². The van der Waals surface area contributed by atoms with E-state index in [2.05, 4.69) is 22.3 Å². The Kier molecular flexibility index (Phi) is 4.41. The summed E-state index contributed by atoms with van der Waals surface area (Å²) in [5, 5.41) is 21.1. The van der Waals surface area contributed by atoms with Crippen molar-refractivity contribution in [3.8, 4) is 0 Å². The maximum absolute atomic E-state index is 8.77. The average Bonchev–Trinajstić information content (AvgIpc) is 2.38. The largest absolute Gasteiger partial charge is 0.409 e. The van der Waals surface area contributed by atoms with Crippen molar-refractivity contribution in [2.45, 2.75) is 42.9 Å². The summed E-state index contributed by atoms with van der Waals surface area (Å²) in [7, 11) is 0. The van der Waals surface area contributed by atoms with E-state index in [9.17, 15) is 0 Å². The lowest BCUT2D eigenvalue weighted by Gasteiger charge is -2.26. The van der Waals surface area contributed by atoms with Gasteiger partial charge in [0.1, 0.15) is 5.03 Å². The lowest BCUT2D eigenvalue weighted by Crippen LogP contribution is -2.18. The molecule has 2 unspecified atom stereocenters. The van der Waals surface area contributed by atoms with Gasteiger partial charge in [-0.15, -0.1) is 16.9 Å². The second-order valence-electron chi connectivity index (χ2n) is 4.75. The Morgan fingerprint density at radius 2 is 2.39 bits per heavy atom. The Morgan fingerprint density at radius 1 is 1.56 bits per heavy atom. The van der Waals surface area contributed by atoms with E-state index >= 15 is 0 Å². The third kappa shape index (κ3) is 3.13. The van der Waals surface area contributed by atoms with Gasteiger partial charge in [0.05, 0.1) is 11.8 Å². The number of nitrogens with two attached hydrogens (primary N) is 1. The highest BCUT2D eigenvalue weighted by Crippen LogP contribution is 2.36. The topological polar surface area (TPSA) is 84.4 Å². The quantitative estimate of drug-likeness (QED) is 0.379. The zero-order valence-corrected chi connectivity index (χ0v) is 11.2. The Morgan fingerprint density at radius 3 is 3.11 bits per heavy atom. The van der Waals surface area contributed by atoms with Gasteiger partial charge in [0.25, 0.3) is 0 Å². The molecule has 98 valence electrons. The SMILES string of the molecule is CC1CCCC(Sc2nnccc2/C(N)=N/O)C1. The van der Waals surface area contributed by atoms with Crippen molar-refractivity contribution in [1.29, 1.82) is 0 Å². The molecule has 1 aliphatic rings. The van der Waals surface area contributed by atoms with E-state index < -0.39 is 0 Å². The van der Waals surface area contributed by atoms with Crippen molar-refractivity contribution in [2.75, 3.05) is 0 Å². The number of amidine groups is 1. The van der Waals surface area contributed by atoms with E-state index in [1.165, 1.54) is 25.7 Å². The fourth-order valence-corrected chi connectivity index (χ4v) is 3.72. The van der Waals surface area contributed by atoms with Gasteiger partial charge < -0.3 is 10.9 Å². The van der Waals surface area contributed by atoms with Crippen LogP contribution < -0.4 is 5.73 Å². The molecule has 1 aliphatic carbocycles. The molecule has 18 heavy (non-hydrogen) atoms. The lowest BCUT2D eigenvalue weighted by atomic mass is 9.91. The summed E-state index contributed by atoms with van der Waals surface area (Å²) in [6, 6.07) is 1.73. The van der Waals surface area contributed by atoms with Crippen molar-refractivity contribution in [2.24, 2.45) is 16.8 Å². The molecule has 1 aromatic rings. The molecule has 0 bridgehead atoms. The molecule has 0 radical (unpaired) electrons. The predicted octanol–water partition coefficient (Wildman–Crippen LogP) is 2.24. The van der Waals surface area contributed by atoms with Gasteiger partial charge in [0.2, 0.25) is 0 Å². The first kappa shape index (κ1) is 13.1. The molecule has 2 rings (SSSR count). The number of aromatic nitrogens is 2. The summed E-state index contributed by atoms with van der Waals surface area (Å²) < 4.78 is 0. The van der Waals surface area contributed by atoms with Crippen LogP contribution in [0.1, 0.15) is 38.2 Å². The number of nitrogens with zero attached hydrogens (tertiary/aromatic N) is 3. The van der Waals surface area contributed by atoms with Gasteiger partial charge in [-0.25, -0.2) is 0 Å². The summed E-state index contributed by atoms with van der Waals surface area (Å²) in [6.45, 7) is 2.29. The second kappa shape index (κ2) is 6.04. The molecule has 0 aliphatic heterocycles. The average molecular weight is 266 g/mol. The van der Waals surface area contributed by atoms with Crippen molar-refractivity contribution in [3.63, 3.8) is 0 Å². The van der Waals surface area contributed by atoms with Crippen molar-refractivity contribution in [1.82, 2.24) is 10.2 Å². The Hall–Kier alpha value is -1.30. The van der Waals surface area contributed by atoms with Gasteiger partial charge in [-0.3, -0.25) is 0 Å². The first-order valence-electron chi connectivity index (χ1n) is 6.17. The van der Waals surface area contributed by atoms with Crippen LogP contribution in [0.2, 0.25) is 0 Å². The molecule has 3 N–H and O–H groups in total. The summed E-state index contributed by atoms with van der Waals surface area (Å²) in [5.74, 6) is 0.858. The number of rotatable bonds is 3. The van der Waals surface area contributed by atoms with Crippen LogP contribution in [0.15, 0.2) is 22.4 Å². The van der Waals surface area contributed by atoms with Crippen molar-refractivity contribution in [3.05, 3.63) is 17.8 Å². The standard InChI is InChI=1S/C12H18N4OS/c1-8-3-2-4-9(7-8)18-12-10(11(13)16-17)5-6-14-15-12/h5-6,8-9,17H,2-4,7H2,1H3,(H2,13,16). The van der Waals surface area contributed by atoms with Gasteiger partial charge in [-0.05, 0) is 24.8 Å². The molecule has 1 aromatic heterocycles. The summed E-state index contributed by atoms with van der Waals surface area (Å²) in [4.78, 5) is 0. The first-order valence-corrected chi connectivity index (χ1v) is 7.05. The van der Waals surface area contributed by atoms with E-state index in [0.717, 1.165) is 10.9 Å². The maximum Gasteiger partial charge on any atom is 0.172 e. The van der Waals surface area contributed by atoms with Crippen LogP contribution in [0.4, 0.5) is 0 Å². The maximum atomic E-state index is 8.77. The molecule has 1 saturated carbocycles. The minimum absolute atomic E-state index is 0.0938. The van der Waals surface area contributed by atoms with Gasteiger partial charge in [-0.2, -0.15) is 5.10 Å². The van der Waals surface area contributed by atoms with Crippen LogP contribution in [-0.4, -0.2) is 26.5 Å². The summed E-state index contributed by atoms with van der Waals surface area (Å²) >= 11 is 1.69. The molecule has 5 nitrogen and oxygen atoms in total. The third-order valence-electron chi connectivity index (χ3n) is 3.24. The Balaban J connectivity index is 2.13. The van der Waals surface area contributed by atoms with Crippen LogP contribution >= 0.6 is 11.8 Å². The lowest BCUT2D eigenvalue weighted by molar-refractivity contribution is 0.318. The smallest absolute Gasteiger partial charge is 0.172 e. The Bertz CT molecular complexity index is 438. The minimum atomic E-state index is 0.0938. The van der Waals surface area contributed by atoms with Crippen molar-refractivity contribution >= 4 is 17.6 Å². The zero-order chi connectivity index (χ0) is 13.0. The van der Waals surface area contributed by atoms with E-state index in [1.54, 1.807) is 24.0 Å². The number of thioether (sulfide) groups is 1. The molecule has 0 spiro atoms. The van der Waals surface area contributed by atoms with E-state index in [4.69, 9.17) is 10.9 Å². The van der Waals surface area contributed by atoms with Crippen LogP contribution in [0, 0.1) is 5.92 Å². The molecular weight excluding hydrogens is 248 g/mol. The van der Waals surface area contributed by atoms with E-state index in [1.807, 2.05) is 0 Å². The fourth-order valence-electron chi connectivity index (χ4n) is 2.30. The highest BCUT2D eigenvalue weighted by molar-refractivity contribution is 7.99. The van der Waals surface area contributed by atoms with Crippen molar-refractivity contribution < 1.29 is 5.21 Å². The molecule has 0 saturated heterocycles. The molecule has 1 fully saturated rings. The van der Waals surface area contributed by atoms with Crippen LogP contribution in [0.3, 0.4) is 0 Å². The predicted molar refractivity (Wildman–Crippen MR) is 71.8 cm³/mol. The number of hydrogen-bond acceptors (Lipinski definition) is 5. The highest BCUT2D eigenvalue weighted by Gasteiger charge is 2.22. The molecule has 1 heterocycles. The summed E-state index contributed by atoms with van der Waals surface area (Å²) in [5.41, 5.74) is 6.31. The van der Waals surface area contributed by atoms with Crippen LogP contribution in [-0.2, 0) is 0 Å². The Labute approximate surface area is 111 Å². The number of hydrogen-bond donors (Lipinski definition) is 2. The summed E-state index contributed by atoms with van der Waals surface area (Å²) in [6.07, 6.45) is 6.52. The third-order valence-corrected chi connectivity index (χ3v) is 4.52. The molecule has 6 heteroatoms. The molecule has 0 amide bonds. The number of oxime groups is 1. The fraction of sp³-hybridized carbons (Fsp3) is 0.583. The first-order chi connectivity index (χ1) is 8.70. The monoisotopic (exact) mass is 266 g/mol. The molecular formula is C12H18N4OS. The highest BCUT2D eigenvalue weighted by atomic mass is 32.2. The molecule has 0 aromatic carbocycles. The van der Waals surface area contributed by atoms with Crippen LogP contribution in [0.5, 0.6) is 0 Å². The zero-order valence-electron chi connectivity index (χ0n) is 10.4. The molecule has 2 atom stereocenters. The van der Waals surface area contributed by atoms with Gasteiger partial charge in [-0.1, -0.05) is 24.9 Å².